The van der Waals surface area contributed by atoms with Crippen LogP contribution in [-0.4, -0.2) is 24.5 Å². The van der Waals surface area contributed by atoms with Crippen molar-refractivity contribution in [3.8, 4) is 6.07 Å². The Morgan fingerprint density at radius 2 is 2.17 bits per heavy atom. The molecule has 0 atom stereocenters. The van der Waals surface area contributed by atoms with Gasteiger partial charge in [-0.15, -0.1) is 0 Å². The summed E-state index contributed by atoms with van der Waals surface area (Å²) in [6.45, 7) is 1.67. The summed E-state index contributed by atoms with van der Waals surface area (Å²) in [5.74, 6) is -0.126. The summed E-state index contributed by atoms with van der Waals surface area (Å²) in [5, 5.41) is 23.7. The van der Waals surface area contributed by atoms with Gasteiger partial charge in [-0.2, -0.15) is 10.4 Å². The number of aryl methyl sites for hydroxylation is 1. The van der Waals surface area contributed by atoms with Crippen LogP contribution < -0.4 is 10.5 Å². The minimum Gasteiger partial charge on any atom is -0.304 e. The van der Waals surface area contributed by atoms with E-state index in [4.69, 9.17) is 5.14 Å². The number of nitrogens with one attached hydrogen (secondary N) is 2. The second-order valence-electron chi connectivity index (χ2n) is 5.72. The number of H-pyrrole nitrogens is 1. The molecule has 8 nitrogen and oxygen atoms in total. The first-order chi connectivity index (χ1) is 11.3. The Morgan fingerprint density at radius 1 is 1.46 bits per heavy atom. The second-order valence-corrected chi connectivity index (χ2v) is 7.28. The SMILES string of the molecule is Cc1ccc(S(N)(=O)=O)cc1C(=O)Nc1n[nH]c(C2CC2)c1C#N. The van der Waals surface area contributed by atoms with Gasteiger partial charge in [-0.25, -0.2) is 13.6 Å². The maximum absolute atomic E-state index is 12.5. The normalized spacial score (nSPS) is 14.2. The number of hydrogen-bond donors (Lipinski definition) is 3. The number of benzene rings is 1. The number of carbonyl (C=O) groups excluding carboxylic acids is 1. The molecule has 0 spiro atoms. The molecule has 1 amide bonds. The van der Waals surface area contributed by atoms with Crippen molar-refractivity contribution in [2.45, 2.75) is 30.6 Å². The fourth-order valence-electron chi connectivity index (χ4n) is 2.42. The number of primary sulfonamides is 1. The van der Waals surface area contributed by atoms with Crippen LogP contribution >= 0.6 is 0 Å². The number of rotatable bonds is 4. The first kappa shape index (κ1) is 16.2. The minimum absolute atomic E-state index is 0.143. The Bertz CT molecular complexity index is 967. The number of sulfonamides is 1. The lowest BCUT2D eigenvalue weighted by atomic mass is 10.1. The average molecular weight is 345 g/mol. The Labute approximate surface area is 138 Å². The van der Waals surface area contributed by atoms with Crippen LogP contribution in [0.3, 0.4) is 0 Å². The third-order valence-electron chi connectivity index (χ3n) is 3.91. The topological polar surface area (TPSA) is 142 Å². The molecule has 1 aliphatic carbocycles. The fourth-order valence-corrected chi connectivity index (χ4v) is 2.96. The predicted octanol–water partition coefficient (Wildman–Crippen LogP) is 1.37. The van der Waals surface area contributed by atoms with Gasteiger partial charge in [-0.05, 0) is 37.5 Å². The monoisotopic (exact) mass is 345 g/mol. The molecule has 1 aliphatic rings. The van der Waals surface area contributed by atoms with E-state index in [9.17, 15) is 18.5 Å². The van der Waals surface area contributed by atoms with E-state index in [1.165, 1.54) is 18.2 Å². The molecule has 1 aromatic carbocycles. The van der Waals surface area contributed by atoms with Gasteiger partial charge in [0, 0.05) is 11.5 Å². The molecule has 24 heavy (non-hydrogen) atoms. The molecule has 1 fully saturated rings. The fraction of sp³-hybridized carbons (Fsp3) is 0.267. The van der Waals surface area contributed by atoms with Gasteiger partial charge in [0.2, 0.25) is 10.0 Å². The van der Waals surface area contributed by atoms with Crippen LogP contribution in [0.4, 0.5) is 5.82 Å². The largest absolute Gasteiger partial charge is 0.304 e. The van der Waals surface area contributed by atoms with Gasteiger partial charge in [0.15, 0.2) is 5.82 Å². The van der Waals surface area contributed by atoms with Crippen LogP contribution in [0.15, 0.2) is 23.1 Å². The van der Waals surface area contributed by atoms with Crippen LogP contribution in [0.1, 0.15) is 45.9 Å². The minimum atomic E-state index is -3.91. The summed E-state index contributed by atoms with van der Waals surface area (Å²) >= 11 is 0. The highest BCUT2D eigenvalue weighted by Crippen LogP contribution is 2.41. The number of nitrogens with zero attached hydrogens (tertiary/aromatic N) is 2. The van der Waals surface area contributed by atoms with Crippen molar-refractivity contribution in [2.24, 2.45) is 5.14 Å². The van der Waals surface area contributed by atoms with Crippen molar-refractivity contribution in [1.29, 1.82) is 5.26 Å². The molecule has 0 aliphatic heterocycles. The number of amides is 1. The van der Waals surface area contributed by atoms with Crippen molar-refractivity contribution < 1.29 is 13.2 Å². The number of carbonyl (C=O) groups is 1. The van der Waals surface area contributed by atoms with Crippen LogP contribution in [0, 0.1) is 18.3 Å². The summed E-state index contributed by atoms with van der Waals surface area (Å²) in [6, 6.07) is 6.09. The summed E-state index contributed by atoms with van der Waals surface area (Å²) in [6.07, 6.45) is 1.97. The number of aromatic nitrogens is 2. The highest BCUT2D eigenvalue weighted by atomic mass is 32.2. The van der Waals surface area contributed by atoms with Gasteiger partial charge >= 0.3 is 0 Å². The molecule has 0 saturated heterocycles. The van der Waals surface area contributed by atoms with E-state index < -0.39 is 15.9 Å². The second kappa shape index (κ2) is 5.74. The van der Waals surface area contributed by atoms with Gasteiger partial charge in [0.25, 0.3) is 5.91 Å². The predicted molar refractivity (Wildman–Crippen MR) is 85.8 cm³/mol. The molecule has 1 saturated carbocycles. The summed E-state index contributed by atoms with van der Waals surface area (Å²) < 4.78 is 22.9. The summed E-state index contributed by atoms with van der Waals surface area (Å²) in [7, 11) is -3.91. The number of nitrogens with two attached hydrogens (primary N) is 1. The maximum atomic E-state index is 12.5. The van der Waals surface area contributed by atoms with Gasteiger partial charge in [-0.3, -0.25) is 9.89 Å². The zero-order valence-corrected chi connectivity index (χ0v) is 13.6. The van der Waals surface area contributed by atoms with E-state index in [1.54, 1.807) is 6.92 Å². The zero-order valence-electron chi connectivity index (χ0n) is 12.8. The number of hydrogen-bond acceptors (Lipinski definition) is 5. The Morgan fingerprint density at radius 3 is 2.75 bits per heavy atom. The number of aromatic amines is 1. The molecule has 1 aromatic heterocycles. The molecule has 9 heteroatoms. The molecule has 0 unspecified atom stereocenters. The number of anilines is 1. The molecule has 124 valence electrons. The van der Waals surface area contributed by atoms with Crippen molar-refractivity contribution >= 4 is 21.7 Å². The van der Waals surface area contributed by atoms with E-state index in [0.29, 0.717) is 11.1 Å². The van der Waals surface area contributed by atoms with E-state index in [0.717, 1.165) is 18.5 Å². The lowest BCUT2D eigenvalue weighted by Crippen LogP contribution is -2.17. The van der Waals surface area contributed by atoms with Crippen LogP contribution in [-0.2, 0) is 10.0 Å². The third-order valence-corrected chi connectivity index (χ3v) is 4.82. The molecule has 0 bridgehead atoms. The zero-order chi connectivity index (χ0) is 17.5. The molecule has 0 radical (unpaired) electrons. The average Bonchev–Trinajstić information content (AvgIpc) is 3.28. The third kappa shape index (κ3) is 3.02. The summed E-state index contributed by atoms with van der Waals surface area (Å²) in [5.41, 5.74) is 1.77. The first-order valence-electron chi connectivity index (χ1n) is 7.24. The van der Waals surface area contributed by atoms with Crippen molar-refractivity contribution in [2.75, 3.05) is 5.32 Å². The molecular formula is C15H15N5O3S. The van der Waals surface area contributed by atoms with Crippen molar-refractivity contribution in [3.63, 3.8) is 0 Å². The Balaban J connectivity index is 1.92. The van der Waals surface area contributed by atoms with Gasteiger partial charge in [-0.1, -0.05) is 6.07 Å². The van der Waals surface area contributed by atoms with E-state index in [1.807, 2.05) is 6.07 Å². The van der Waals surface area contributed by atoms with E-state index in [-0.39, 0.29) is 22.2 Å². The van der Waals surface area contributed by atoms with E-state index >= 15 is 0 Å². The first-order valence-corrected chi connectivity index (χ1v) is 8.79. The highest BCUT2D eigenvalue weighted by molar-refractivity contribution is 7.89. The molecule has 4 N–H and O–H groups in total. The van der Waals surface area contributed by atoms with Gasteiger partial charge in [0.1, 0.15) is 11.6 Å². The molecule has 1 heterocycles. The quantitative estimate of drug-likeness (QED) is 0.767. The molecular weight excluding hydrogens is 330 g/mol. The smallest absolute Gasteiger partial charge is 0.257 e. The lowest BCUT2D eigenvalue weighted by Gasteiger charge is -2.08. The Kier molecular flexibility index (Phi) is 3.87. The van der Waals surface area contributed by atoms with Crippen molar-refractivity contribution in [3.05, 3.63) is 40.6 Å². The highest BCUT2D eigenvalue weighted by Gasteiger charge is 2.30. The summed E-state index contributed by atoms with van der Waals surface area (Å²) in [4.78, 5) is 12.3. The van der Waals surface area contributed by atoms with Crippen molar-refractivity contribution in [1.82, 2.24) is 10.2 Å². The van der Waals surface area contributed by atoms with Crippen LogP contribution in [0.2, 0.25) is 0 Å². The van der Waals surface area contributed by atoms with Crippen LogP contribution in [0.25, 0.3) is 0 Å². The van der Waals surface area contributed by atoms with E-state index in [2.05, 4.69) is 15.5 Å². The van der Waals surface area contributed by atoms with Crippen LogP contribution in [0.5, 0.6) is 0 Å². The lowest BCUT2D eigenvalue weighted by molar-refractivity contribution is 0.102. The molecule has 2 aromatic rings. The van der Waals surface area contributed by atoms with Gasteiger partial charge in [0.05, 0.1) is 10.6 Å². The standard InChI is InChI=1S/C15H15N5O3S/c1-8-2-5-10(24(17,22)23)6-11(8)15(21)18-14-12(7-16)13(19-20-14)9-3-4-9/h2,5-6,9H,3-4H2,1H3,(H2,17,22,23)(H2,18,19,20,21). The molecule has 3 rings (SSSR count). The maximum Gasteiger partial charge on any atom is 0.257 e. The van der Waals surface area contributed by atoms with Gasteiger partial charge < -0.3 is 5.32 Å². The number of nitriles is 1. The Hall–Kier alpha value is -2.70.